The van der Waals surface area contributed by atoms with Gasteiger partial charge in [-0.3, -0.25) is 9.62 Å². The van der Waals surface area contributed by atoms with Crippen molar-refractivity contribution in [2.45, 2.75) is 15.2 Å². The minimum atomic E-state index is -4.08. The molecule has 1 N–H and O–H groups in total. The van der Waals surface area contributed by atoms with Crippen LogP contribution in [0.1, 0.15) is 0 Å². The highest BCUT2D eigenvalue weighted by molar-refractivity contribution is 8.01. The average molecular weight is 456 g/mol. The Kier molecular flexibility index (Phi) is 4.56. The van der Waals surface area contributed by atoms with Crippen LogP contribution in [-0.4, -0.2) is 23.8 Å². The van der Waals surface area contributed by atoms with Crippen LogP contribution in [0, 0.1) is 0 Å². The first kappa shape index (κ1) is 19.7. The maximum atomic E-state index is 15.1. The fraction of sp³-hybridized carbons (Fsp3) is 0.0476. The van der Waals surface area contributed by atoms with Crippen LogP contribution in [-0.2, 0) is 10.0 Å². The van der Waals surface area contributed by atoms with Gasteiger partial charge >= 0.3 is 5.38 Å². The van der Waals surface area contributed by atoms with Crippen molar-refractivity contribution < 1.29 is 17.2 Å². The first-order chi connectivity index (χ1) is 14.9. The van der Waals surface area contributed by atoms with Crippen LogP contribution in [0.15, 0.2) is 88.7 Å². The van der Waals surface area contributed by atoms with Gasteiger partial charge < -0.3 is 0 Å². The molecule has 0 aliphatic carbocycles. The SMILES string of the molecule is O=S(=O)(Nc1nc2ccccc2nc1N1c2ccccc2SC1(F)F)c1ccccc1. The fourth-order valence-corrected chi connectivity index (χ4v) is 5.26. The van der Waals surface area contributed by atoms with E-state index >= 15 is 8.78 Å². The van der Waals surface area contributed by atoms with Crippen molar-refractivity contribution in [3.8, 4) is 0 Å². The lowest BCUT2D eigenvalue weighted by atomic mass is 10.2. The third-order valence-corrected chi connectivity index (χ3v) is 7.00. The molecule has 5 rings (SSSR count). The van der Waals surface area contributed by atoms with E-state index in [1.165, 1.54) is 18.2 Å². The van der Waals surface area contributed by atoms with Crippen molar-refractivity contribution in [2.75, 3.05) is 9.62 Å². The van der Waals surface area contributed by atoms with Crippen molar-refractivity contribution >= 4 is 50.1 Å². The van der Waals surface area contributed by atoms with E-state index in [9.17, 15) is 8.42 Å². The number of para-hydroxylation sites is 3. The van der Waals surface area contributed by atoms with Crippen LogP contribution >= 0.6 is 11.8 Å². The molecule has 2 heterocycles. The van der Waals surface area contributed by atoms with E-state index in [1.54, 1.807) is 60.7 Å². The van der Waals surface area contributed by atoms with Gasteiger partial charge in [0.25, 0.3) is 10.0 Å². The van der Waals surface area contributed by atoms with Gasteiger partial charge in [0.15, 0.2) is 11.6 Å². The Hall–Kier alpha value is -3.24. The van der Waals surface area contributed by atoms with E-state index in [1.807, 2.05) is 0 Å². The highest BCUT2D eigenvalue weighted by atomic mass is 32.2. The predicted molar refractivity (Wildman–Crippen MR) is 116 cm³/mol. The lowest BCUT2D eigenvalue weighted by Gasteiger charge is -2.26. The number of hydrogen-bond donors (Lipinski definition) is 1. The van der Waals surface area contributed by atoms with E-state index in [-0.39, 0.29) is 22.2 Å². The molecule has 3 aromatic carbocycles. The topological polar surface area (TPSA) is 75.2 Å². The first-order valence-electron chi connectivity index (χ1n) is 9.16. The molecule has 6 nitrogen and oxygen atoms in total. The molecule has 10 heteroatoms. The second kappa shape index (κ2) is 7.17. The molecule has 0 unspecified atom stereocenters. The molecule has 0 radical (unpaired) electrons. The Balaban J connectivity index is 1.71. The molecule has 31 heavy (non-hydrogen) atoms. The van der Waals surface area contributed by atoms with Gasteiger partial charge in [-0.15, -0.1) is 0 Å². The maximum absolute atomic E-state index is 15.1. The highest BCUT2D eigenvalue weighted by Gasteiger charge is 2.49. The second-order valence-electron chi connectivity index (χ2n) is 6.69. The minimum Gasteiger partial charge on any atom is -0.260 e. The fourth-order valence-electron chi connectivity index (χ4n) is 3.28. The Bertz CT molecular complexity index is 1400. The van der Waals surface area contributed by atoms with Crippen molar-refractivity contribution in [1.29, 1.82) is 0 Å². The van der Waals surface area contributed by atoms with Gasteiger partial charge in [0, 0.05) is 4.90 Å². The summed E-state index contributed by atoms with van der Waals surface area (Å²) in [5.41, 5.74) is 0.966. The van der Waals surface area contributed by atoms with Gasteiger partial charge in [-0.25, -0.2) is 18.4 Å². The van der Waals surface area contributed by atoms with E-state index in [4.69, 9.17) is 0 Å². The van der Waals surface area contributed by atoms with Crippen LogP contribution < -0.4 is 9.62 Å². The van der Waals surface area contributed by atoms with Crippen LogP contribution in [0.2, 0.25) is 0 Å². The highest BCUT2D eigenvalue weighted by Crippen LogP contribution is 2.56. The summed E-state index contributed by atoms with van der Waals surface area (Å²) in [7, 11) is -4.08. The number of fused-ring (bicyclic) bond motifs is 2. The van der Waals surface area contributed by atoms with Crippen molar-refractivity contribution in [3.05, 3.63) is 78.9 Å². The second-order valence-corrected chi connectivity index (χ2v) is 9.51. The van der Waals surface area contributed by atoms with E-state index in [0.717, 1.165) is 4.90 Å². The molecular formula is C21H14F2N4O2S2. The summed E-state index contributed by atoms with van der Waals surface area (Å²) >= 11 is 0.372. The van der Waals surface area contributed by atoms with Gasteiger partial charge in [0.2, 0.25) is 0 Å². The Morgan fingerprint density at radius 3 is 2.19 bits per heavy atom. The van der Waals surface area contributed by atoms with Crippen molar-refractivity contribution in [1.82, 2.24) is 9.97 Å². The predicted octanol–water partition coefficient (Wildman–Crippen LogP) is 5.22. The number of hydrogen-bond acceptors (Lipinski definition) is 6. The average Bonchev–Trinajstić information content (AvgIpc) is 3.03. The number of thioether (sulfide) groups is 1. The third-order valence-electron chi connectivity index (χ3n) is 4.65. The summed E-state index contributed by atoms with van der Waals surface area (Å²) in [6, 6.07) is 20.7. The largest absolute Gasteiger partial charge is 0.386 e. The zero-order chi connectivity index (χ0) is 21.6. The summed E-state index contributed by atoms with van der Waals surface area (Å²) in [5.74, 6) is -0.555. The normalized spacial score (nSPS) is 15.1. The summed E-state index contributed by atoms with van der Waals surface area (Å²) in [5, 5.41) is -3.38. The van der Waals surface area contributed by atoms with Gasteiger partial charge in [0.1, 0.15) is 0 Å². The summed E-state index contributed by atoms with van der Waals surface area (Å²) in [4.78, 5) is 9.77. The van der Waals surface area contributed by atoms with Gasteiger partial charge in [-0.05, 0) is 48.2 Å². The van der Waals surface area contributed by atoms with E-state index in [2.05, 4.69) is 14.7 Å². The molecule has 156 valence electrons. The molecule has 0 amide bonds. The standard InChI is InChI=1S/C21H14F2N4O2S2/c22-21(23)27(17-12-6-7-13-18(17)30-21)20-19(24-15-10-4-5-11-16(15)25-20)26-31(28,29)14-8-2-1-3-9-14/h1-13H,(H,24,26). The minimum absolute atomic E-state index is 0.0149. The van der Waals surface area contributed by atoms with Crippen LogP contribution in [0.25, 0.3) is 11.0 Å². The van der Waals surface area contributed by atoms with Crippen molar-refractivity contribution in [3.63, 3.8) is 0 Å². The molecule has 1 aromatic heterocycles. The monoisotopic (exact) mass is 456 g/mol. The Morgan fingerprint density at radius 1 is 0.839 bits per heavy atom. The molecule has 1 aliphatic heterocycles. The Labute approximate surface area is 181 Å². The third kappa shape index (κ3) is 3.47. The van der Waals surface area contributed by atoms with E-state index in [0.29, 0.717) is 27.7 Å². The molecule has 0 saturated heterocycles. The zero-order valence-corrected chi connectivity index (χ0v) is 17.4. The number of sulfonamides is 1. The summed E-state index contributed by atoms with van der Waals surface area (Å²) in [6.45, 7) is 0. The lowest BCUT2D eigenvalue weighted by Crippen LogP contribution is -2.32. The molecule has 1 aliphatic rings. The summed E-state index contributed by atoms with van der Waals surface area (Å²) < 4.78 is 58.3. The van der Waals surface area contributed by atoms with Gasteiger partial charge in [-0.2, -0.15) is 8.78 Å². The number of anilines is 3. The molecular weight excluding hydrogens is 442 g/mol. The first-order valence-corrected chi connectivity index (χ1v) is 11.5. The lowest BCUT2D eigenvalue weighted by molar-refractivity contribution is 0.116. The Morgan fingerprint density at radius 2 is 1.45 bits per heavy atom. The number of nitrogens with one attached hydrogen (secondary N) is 1. The number of halogens is 2. The van der Waals surface area contributed by atoms with Crippen LogP contribution in [0.5, 0.6) is 0 Å². The quantitative estimate of drug-likeness (QED) is 0.424. The van der Waals surface area contributed by atoms with Gasteiger partial charge in [0.05, 0.1) is 21.6 Å². The summed E-state index contributed by atoms with van der Waals surface area (Å²) in [6.07, 6.45) is 0. The van der Waals surface area contributed by atoms with Gasteiger partial charge in [-0.1, -0.05) is 42.5 Å². The number of benzene rings is 3. The molecule has 0 atom stereocenters. The number of nitrogens with zero attached hydrogens (tertiary/aromatic N) is 3. The number of aromatic nitrogens is 2. The zero-order valence-electron chi connectivity index (χ0n) is 15.7. The number of rotatable bonds is 4. The smallest absolute Gasteiger partial charge is 0.260 e. The molecule has 0 saturated carbocycles. The van der Waals surface area contributed by atoms with Crippen LogP contribution in [0.3, 0.4) is 0 Å². The molecule has 4 aromatic rings. The molecule has 0 fully saturated rings. The van der Waals surface area contributed by atoms with Crippen LogP contribution in [0.4, 0.5) is 26.1 Å². The molecule has 0 bridgehead atoms. The molecule has 0 spiro atoms. The number of alkyl halides is 2. The maximum Gasteiger partial charge on any atom is 0.386 e. The van der Waals surface area contributed by atoms with E-state index < -0.39 is 15.4 Å². The van der Waals surface area contributed by atoms with Crippen molar-refractivity contribution in [2.24, 2.45) is 0 Å².